The summed E-state index contributed by atoms with van der Waals surface area (Å²) in [6.07, 6.45) is 2.66. The van der Waals surface area contributed by atoms with Crippen LogP contribution >= 0.6 is 11.3 Å². The average molecular weight is 398 g/mol. The van der Waals surface area contributed by atoms with E-state index in [0.717, 1.165) is 41.7 Å². The second-order valence-electron chi connectivity index (χ2n) is 7.23. The zero-order valence-electron chi connectivity index (χ0n) is 16.7. The van der Waals surface area contributed by atoms with E-state index in [1.807, 2.05) is 18.2 Å². The molecule has 148 valence electrons. The Morgan fingerprint density at radius 1 is 1.32 bits per heavy atom. The van der Waals surface area contributed by atoms with Crippen LogP contribution in [0.2, 0.25) is 0 Å². The highest BCUT2D eigenvalue weighted by molar-refractivity contribution is 7.14. The Bertz CT molecular complexity index is 941. The van der Waals surface area contributed by atoms with E-state index in [4.69, 9.17) is 14.5 Å². The maximum atomic E-state index is 5.82. The van der Waals surface area contributed by atoms with Gasteiger partial charge >= 0.3 is 0 Å². The molecule has 1 aliphatic heterocycles. The first-order valence-electron chi connectivity index (χ1n) is 9.75. The zero-order valence-corrected chi connectivity index (χ0v) is 17.5. The molecule has 6 heteroatoms. The second kappa shape index (κ2) is 8.37. The third-order valence-corrected chi connectivity index (χ3v) is 6.19. The fourth-order valence-electron chi connectivity index (χ4n) is 3.83. The minimum atomic E-state index is 0.339. The number of benzene rings is 1. The summed E-state index contributed by atoms with van der Waals surface area (Å²) in [5.74, 6) is 0.893. The Hall–Kier alpha value is -2.31. The highest BCUT2D eigenvalue weighted by Gasteiger charge is 2.20. The van der Waals surface area contributed by atoms with Crippen molar-refractivity contribution in [3.63, 3.8) is 0 Å². The molecule has 0 saturated carbocycles. The molecule has 2 aromatic heterocycles. The van der Waals surface area contributed by atoms with Gasteiger partial charge in [-0.3, -0.25) is 0 Å². The zero-order chi connectivity index (χ0) is 19.5. The van der Waals surface area contributed by atoms with E-state index in [9.17, 15) is 0 Å². The maximum Gasteiger partial charge on any atom is 0.183 e. The lowest BCUT2D eigenvalue weighted by Gasteiger charge is -2.14. The lowest BCUT2D eigenvalue weighted by atomic mass is 10.2. The molecule has 0 aliphatic carbocycles. The highest BCUT2D eigenvalue weighted by Crippen LogP contribution is 2.31. The van der Waals surface area contributed by atoms with Crippen LogP contribution in [0.5, 0.6) is 5.75 Å². The van der Waals surface area contributed by atoms with Gasteiger partial charge in [0.1, 0.15) is 5.75 Å². The molecular weight excluding hydrogens is 370 g/mol. The van der Waals surface area contributed by atoms with Gasteiger partial charge in [-0.25, -0.2) is 4.98 Å². The number of hydrogen-bond donors (Lipinski definition) is 1. The van der Waals surface area contributed by atoms with Crippen molar-refractivity contribution in [3.8, 4) is 17.0 Å². The molecule has 0 unspecified atom stereocenters. The van der Waals surface area contributed by atoms with Crippen LogP contribution < -0.4 is 10.1 Å². The number of thiazole rings is 1. The molecule has 1 aliphatic rings. The SMILES string of the molecule is COc1ccccc1CNc1nc(-c2cc(C)n(C[C@H]3CCCO3)c2C)cs1. The van der Waals surface area contributed by atoms with Crippen molar-refractivity contribution in [2.75, 3.05) is 19.0 Å². The predicted molar refractivity (Wildman–Crippen MR) is 114 cm³/mol. The summed E-state index contributed by atoms with van der Waals surface area (Å²) in [7, 11) is 1.70. The first kappa shape index (κ1) is 19.0. The van der Waals surface area contributed by atoms with Crippen LogP contribution in [0.15, 0.2) is 35.7 Å². The number of para-hydroxylation sites is 1. The summed E-state index contributed by atoms with van der Waals surface area (Å²) in [6.45, 7) is 6.86. The molecule has 3 aromatic rings. The molecule has 28 heavy (non-hydrogen) atoms. The standard InChI is InChI=1S/C22H27N3O2S/c1-15-11-19(16(2)25(15)13-18-8-6-10-27-18)20-14-28-22(24-20)23-12-17-7-4-5-9-21(17)26-3/h4-5,7,9,11,14,18H,6,8,10,12-13H2,1-3H3,(H,23,24)/t18-/m1/s1. The van der Waals surface area contributed by atoms with E-state index in [-0.39, 0.29) is 0 Å². The van der Waals surface area contributed by atoms with Crippen molar-refractivity contribution in [3.05, 3.63) is 52.7 Å². The largest absolute Gasteiger partial charge is 0.496 e. The summed E-state index contributed by atoms with van der Waals surface area (Å²) in [5.41, 5.74) is 5.88. The molecule has 4 rings (SSSR count). The Morgan fingerprint density at radius 3 is 2.96 bits per heavy atom. The van der Waals surface area contributed by atoms with Crippen molar-refractivity contribution in [1.82, 2.24) is 9.55 Å². The number of hydrogen-bond acceptors (Lipinski definition) is 5. The van der Waals surface area contributed by atoms with Gasteiger partial charge in [0.25, 0.3) is 0 Å². The summed E-state index contributed by atoms with van der Waals surface area (Å²) < 4.78 is 13.6. The average Bonchev–Trinajstić information content (AvgIpc) is 3.44. The van der Waals surface area contributed by atoms with Crippen molar-refractivity contribution in [1.29, 1.82) is 0 Å². The number of aryl methyl sites for hydroxylation is 1. The highest BCUT2D eigenvalue weighted by atomic mass is 32.1. The number of aromatic nitrogens is 2. The van der Waals surface area contributed by atoms with Gasteiger partial charge in [-0.1, -0.05) is 18.2 Å². The maximum absolute atomic E-state index is 5.82. The normalized spacial score (nSPS) is 16.5. The van der Waals surface area contributed by atoms with Crippen LogP contribution in [-0.4, -0.2) is 29.4 Å². The lowest BCUT2D eigenvalue weighted by molar-refractivity contribution is 0.0962. The Morgan fingerprint density at radius 2 is 2.18 bits per heavy atom. The van der Waals surface area contributed by atoms with Crippen LogP contribution in [-0.2, 0) is 17.8 Å². The number of anilines is 1. The van der Waals surface area contributed by atoms with Crippen LogP contribution in [0.25, 0.3) is 11.3 Å². The molecule has 0 spiro atoms. The van der Waals surface area contributed by atoms with Crippen molar-refractivity contribution >= 4 is 16.5 Å². The van der Waals surface area contributed by atoms with E-state index in [1.54, 1.807) is 18.4 Å². The number of ether oxygens (including phenoxy) is 2. The topological polar surface area (TPSA) is 48.3 Å². The van der Waals surface area contributed by atoms with E-state index in [2.05, 4.69) is 41.2 Å². The van der Waals surface area contributed by atoms with Gasteiger partial charge in [0.15, 0.2) is 5.13 Å². The molecule has 1 aromatic carbocycles. The molecule has 0 bridgehead atoms. The number of rotatable bonds is 7. The van der Waals surface area contributed by atoms with Crippen LogP contribution in [0.1, 0.15) is 29.8 Å². The van der Waals surface area contributed by atoms with Gasteiger partial charge in [-0.2, -0.15) is 0 Å². The molecule has 5 nitrogen and oxygen atoms in total. The first-order valence-corrected chi connectivity index (χ1v) is 10.6. The van der Waals surface area contributed by atoms with E-state index < -0.39 is 0 Å². The monoisotopic (exact) mass is 397 g/mol. The number of methoxy groups -OCH3 is 1. The van der Waals surface area contributed by atoms with Crippen molar-refractivity contribution in [2.24, 2.45) is 0 Å². The fraction of sp³-hybridized carbons (Fsp3) is 0.409. The molecular formula is C22H27N3O2S. The van der Waals surface area contributed by atoms with E-state index in [1.165, 1.54) is 23.4 Å². The molecule has 1 fully saturated rings. The van der Waals surface area contributed by atoms with Gasteiger partial charge in [0.2, 0.25) is 0 Å². The molecule has 1 saturated heterocycles. The number of nitrogens with one attached hydrogen (secondary N) is 1. The summed E-state index contributed by atoms with van der Waals surface area (Å²) in [4.78, 5) is 4.82. The van der Waals surface area contributed by atoms with Crippen LogP contribution in [0, 0.1) is 13.8 Å². The molecule has 1 N–H and O–H groups in total. The van der Waals surface area contributed by atoms with E-state index in [0.29, 0.717) is 12.6 Å². The summed E-state index contributed by atoms with van der Waals surface area (Å²) >= 11 is 1.64. The summed E-state index contributed by atoms with van der Waals surface area (Å²) in [6, 6.07) is 10.3. The third kappa shape index (κ3) is 3.93. The molecule has 0 amide bonds. The first-order chi connectivity index (χ1) is 13.7. The van der Waals surface area contributed by atoms with Crippen LogP contribution in [0.3, 0.4) is 0 Å². The molecule has 1 atom stereocenters. The van der Waals surface area contributed by atoms with Gasteiger partial charge in [0.05, 0.1) is 18.9 Å². The minimum Gasteiger partial charge on any atom is -0.496 e. The van der Waals surface area contributed by atoms with Crippen molar-refractivity contribution in [2.45, 2.75) is 45.9 Å². The van der Waals surface area contributed by atoms with Gasteiger partial charge in [0, 0.05) is 47.6 Å². The van der Waals surface area contributed by atoms with Crippen molar-refractivity contribution < 1.29 is 9.47 Å². The Labute approximate surface area is 170 Å². The molecule has 0 radical (unpaired) electrons. The third-order valence-electron chi connectivity index (χ3n) is 5.39. The Kier molecular flexibility index (Phi) is 5.69. The quantitative estimate of drug-likeness (QED) is 0.608. The molecule has 3 heterocycles. The van der Waals surface area contributed by atoms with E-state index >= 15 is 0 Å². The van der Waals surface area contributed by atoms with Gasteiger partial charge in [-0.05, 0) is 38.8 Å². The summed E-state index contributed by atoms with van der Waals surface area (Å²) in [5, 5.41) is 6.47. The predicted octanol–water partition coefficient (Wildman–Crippen LogP) is 5.03. The lowest BCUT2D eigenvalue weighted by Crippen LogP contribution is -2.16. The fourth-order valence-corrected chi connectivity index (χ4v) is 4.54. The minimum absolute atomic E-state index is 0.339. The smallest absolute Gasteiger partial charge is 0.183 e. The van der Waals surface area contributed by atoms with Gasteiger partial charge < -0.3 is 19.4 Å². The van der Waals surface area contributed by atoms with Gasteiger partial charge in [-0.15, -0.1) is 11.3 Å². The van der Waals surface area contributed by atoms with Crippen LogP contribution in [0.4, 0.5) is 5.13 Å². The number of nitrogens with zero attached hydrogens (tertiary/aromatic N) is 2. The Balaban J connectivity index is 1.48. The second-order valence-corrected chi connectivity index (χ2v) is 8.09.